The number of piperazine rings is 1. The Morgan fingerprint density at radius 1 is 1.10 bits per heavy atom. The maximum atomic E-state index is 13.0. The van der Waals surface area contributed by atoms with E-state index in [9.17, 15) is 13.2 Å². The molecule has 1 saturated heterocycles. The van der Waals surface area contributed by atoms with Gasteiger partial charge in [0.1, 0.15) is 0 Å². The summed E-state index contributed by atoms with van der Waals surface area (Å²) in [5, 5.41) is 0. The molecule has 2 aromatic rings. The van der Waals surface area contributed by atoms with Crippen LogP contribution < -0.4 is 9.47 Å². The molecule has 0 bridgehead atoms. The lowest BCUT2D eigenvalue weighted by Crippen LogP contribution is -2.50. The van der Waals surface area contributed by atoms with Crippen LogP contribution in [0.2, 0.25) is 0 Å². The molecule has 7 nitrogen and oxygen atoms in total. The van der Waals surface area contributed by atoms with Crippen LogP contribution in [0.4, 0.5) is 0 Å². The first-order valence-corrected chi connectivity index (χ1v) is 12.0. The zero-order valence-electron chi connectivity index (χ0n) is 17.0. The van der Waals surface area contributed by atoms with Crippen molar-refractivity contribution in [2.75, 3.05) is 39.9 Å². The minimum atomic E-state index is -3.56. The lowest BCUT2D eigenvalue weighted by Gasteiger charge is -2.34. The molecule has 1 heterocycles. The van der Waals surface area contributed by atoms with Crippen molar-refractivity contribution in [3.63, 3.8) is 0 Å². The van der Waals surface area contributed by atoms with Gasteiger partial charge in [0.05, 0.1) is 23.1 Å². The van der Waals surface area contributed by atoms with E-state index in [1.165, 1.54) is 11.4 Å². The van der Waals surface area contributed by atoms with Crippen LogP contribution in [0.5, 0.6) is 11.5 Å². The Morgan fingerprint density at radius 2 is 1.77 bits per heavy atom. The molecule has 3 rings (SSSR count). The smallest absolute Gasteiger partial charge is 0.254 e. The van der Waals surface area contributed by atoms with E-state index >= 15 is 0 Å². The second kappa shape index (κ2) is 9.80. The van der Waals surface area contributed by atoms with Crippen molar-refractivity contribution in [2.24, 2.45) is 0 Å². The van der Waals surface area contributed by atoms with E-state index in [0.29, 0.717) is 41.2 Å². The summed E-state index contributed by atoms with van der Waals surface area (Å²) in [7, 11) is -2.03. The van der Waals surface area contributed by atoms with Crippen LogP contribution in [0.1, 0.15) is 23.7 Å². The molecule has 0 spiro atoms. The Kier molecular flexibility index (Phi) is 7.38. The maximum Gasteiger partial charge on any atom is 0.254 e. The second-order valence-corrected chi connectivity index (χ2v) is 9.64. The summed E-state index contributed by atoms with van der Waals surface area (Å²) in [4.78, 5) is 14.9. The molecular formula is C21H25BrN2O5S. The van der Waals surface area contributed by atoms with Gasteiger partial charge in [-0.2, -0.15) is 4.31 Å². The van der Waals surface area contributed by atoms with Gasteiger partial charge in [0.15, 0.2) is 11.5 Å². The third kappa shape index (κ3) is 4.79. The molecule has 0 saturated carbocycles. The van der Waals surface area contributed by atoms with E-state index in [1.54, 1.807) is 47.4 Å². The van der Waals surface area contributed by atoms with Crippen molar-refractivity contribution >= 4 is 31.9 Å². The number of halogens is 1. The number of amides is 1. The summed E-state index contributed by atoms with van der Waals surface area (Å²) >= 11 is 3.46. The average Bonchev–Trinajstić information content (AvgIpc) is 2.78. The molecule has 1 aliphatic heterocycles. The Hall–Kier alpha value is -2.10. The fraction of sp³-hybridized carbons (Fsp3) is 0.381. The first-order chi connectivity index (χ1) is 14.4. The van der Waals surface area contributed by atoms with Gasteiger partial charge in [0.25, 0.3) is 5.91 Å². The van der Waals surface area contributed by atoms with E-state index < -0.39 is 10.0 Å². The highest BCUT2D eigenvalue weighted by molar-refractivity contribution is 9.10. The highest BCUT2D eigenvalue weighted by atomic mass is 79.9. The second-order valence-electron chi connectivity index (χ2n) is 6.85. The third-order valence-electron chi connectivity index (χ3n) is 4.83. The molecule has 1 amide bonds. The SMILES string of the molecule is CCCOc1c(Br)cc(C(=O)N2CCN(S(=O)(=O)c3ccccc3)CC2)cc1OC. The number of sulfonamides is 1. The summed E-state index contributed by atoms with van der Waals surface area (Å²) in [6, 6.07) is 11.7. The molecule has 0 N–H and O–H groups in total. The molecule has 1 fully saturated rings. The van der Waals surface area contributed by atoms with Gasteiger partial charge in [-0.3, -0.25) is 4.79 Å². The Labute approximate surface area is 185 Å². The highest BCUT2D eigenvalue weighted by Gasteiger charge is 2.30. The Morgan fingerprint density at radius 3 is 2.37 bits per heavy atom. The van der Waals surface area contributed by atoms with Gasteiger partial charge in [0.2, 0.25) is 10.0 Å². The number of carbonyl (C=O) groups is 1. The van der Waals surface area contributed by atoms with Crippen LogP contribution in [0.15, 0.2) is 51.8 Å². The first kappa shape index (κ1) is 22.6. The van der Waals surface area contributed by atoms with Gasteiger partial charge >= 0.3 is 0 Å². The topological polar surface area (TPSA) is 76.2 Å². The number of carbonyl (C=O) groups excluding carboxylic acids is 1. The van der Waals surface area contributed by atoms with Gasteiger partial charge in [0, 0.05) is 31.7 Å². The Balaban J connectivity index is 1.72. The molecule has 2 aromatic carbocycles. The summed E-state index contributed by atoms with van der Waals surface area (Å²) in [6.07, 6.45) is 0.854. The molecule has 30 heavy (non-hydrogen) atoms. The van der Waals surface area contributed by atoms with Crippen molar-refractivity contribution < 1.29 is 22.7 Å². The minimum absolute atomic E-state index is 0.173. The Bertz CT molecular complexity index is 990. The van der Waals surface area contributed by atoms with E-state index in [-0.39, 0.29) is 23.9 Å². The largest absolute Gasteiger partial charge is 0.493 e. The summed E-state index contributed by atoms with van der Waals surface area (Å²) in [5.41, 5.74) is 0.460. The van der Waals surface area contributed by atoms with Crippen molar-refractivity contribution in [3.05, 3.63) is 52.5 Å². The number of methoxy groups -OCH3 is 1. The number of rotatable bonds is 7. The van der Waals surface area contributed by atoms with Crippen LogP contribution in [0.25, 0.3) is 0 Å². The van der Waals surface area contributed by atoms with Crippen LogP contribution in [0.3, 0.4) is 0 Å². The fourth-order valence-corrected chi connectivity index (χ4v) is 5.24. The van der Waals surface area contributed by atoms with Gasteiger partial charge in [-0.1, -0.05) is 25.1 Å². The van der Waals surface area contributed by atoms with Gasteiger partial charge in [-0.05, 0) is 46.6 Å². The summed E-state index contributed by atoms with van der Waals surface area (Å²) in [5.74, 6) is 0.869. The van der Waals surface area contributed by atoms with Crippen molar-refractivity contribution in [1.29, 1.82) is 0 Å². The number of hydrogen-bond acceptors (Lipinski definition) is 5. The third-order valence-corrected chi connectivity index (χ3v) is 7.34. The van der Waals surface area contributed by atoms with Gasteiger partial charge in [-0.15, -0.1) is 0 Å². The molecule has 0 atom stereocenters. The van der Waals surface area contributed by atoms with Crippen molar-refractivity contribution in [1.82, 2.24) is 9.21 Å². The van der Waals surface area contributed by atoms with Crippen LogP contribution in [-0.2, 0) is 10.0 Å². The zero-order chi connectivity index (χ0) is 21.7. The lowest BCUT2D eigenvalue weighted by molar-refractivity contribution is 0.0697. The van der Waals surface area contributed by atoms with Crippen LogP contribution >= 0.6 is 15.9 Å². The molecule has 9 heteroatoms. The molecule has 162 valence electrons. The normalized spacial score (nSPS) is 15.1. The molecule has 0 radical (unpaired) electrons. The maximum absolute atomic E-state index is 13.0. The standard InChI is InChI=1S/C21H25BrN2O5S/c1-3-13-29-20-18(22)14-16(15-19(20)28-2)21(25)23-9-11-24(12-10-23)30(26,27)17-7-5-4-6-8-17/h4-8,14-15H,3,9-13H2,1-2H3. The number of benzene rings is 2. The predicted octanol–water partition coefficient (Wildman–Crippen LogP) is 3.39. The van der Waals surface area contributed by atoms with E-state index in [0.717, 1.165) is 6.42 Å². The van der Waals surface area contributed by atoms with Crippen molar-refractivity contribution in [3.8, 4) is 11.5 Å². The molecule has 1 aliphatic rings. The number of nitrogens with zero attached hydrogens (tertiary/aromatic N) is 2. The van der Waals surface area contributed by atoms with Gasteiger partial charge in [-0.25, -0.2) is 8.42 Å². The van der Waals surface area contributed by atoms with E-state index in [2.05, 4.69) is 15.9 Å². The lowest BCUT2D eigenvalue weighted by atomic mass is 10.1. The van der Waals surface area contributed by atoms with Crippen LogP contribution in [-0.4, -0.2) is 63.4 Å². The highest BCUT2D eigenvalue weighted by Crippen LogP contribution is 2.37. The average molecular weight is 497 g/mol. The zero-order valence-corrected chi connectivity index (χ0v) is 19.4. The molecular weight excluding hydrogens is 472 g/mol. The molecule has 0 aliphatic carbocycles. The number of hydrogen-bond donors (Lipinski definition) is 0. The molecule has 0 aromatic heterocycles. The quantitative estimate of drug-likeness (QED) is 0.586. The fourth-order valence-electron chi connectivity index (χ4n) is 3.24. The summed E-state index contributed by atoms with van der Waals surface area (Å²) < 4.78 is 38.7. The summed E-state index contributed by atoms with van der Waals surface area (Å²) in [6.45, 7) is 3.69. The van der Waals surface area contributed by atoms with Crippen LogP contribution in [0, 0.1) is 0 Å². The van der Waals surface area contributed by atoms with E-state index in [1.807, 2.05) is 6.92 Å². The predicted molar refractivity (Wildman–Crippen MR) is 118 cm³/mol. The van der Waals surface area contributed by atoms with Crippen molar-refractivity contribution in [2.45, 2.75) is 18.2 Å². The number of ether oxygens (including phenoxy) is 2. The van der Waals surface area contributed by atoms with E-state index in [4.69, 9.17) is 9.47 Å². The van der Waals surface area contributed by atoms with Gasteiger partial charge < -0.3 is 14.4 Å². The minimum Gasteiger partial charge on any atom is -0.493 e. The molecule has 0 unspecified atom stereocenters. The first-order valence-electron chi connectivity index (χ1n) is 9.73. The monoisotopic (exact) mass is 496 g/mol.